The zero-order valence-electron chi connectivity index (χ0n) is 10.5. The Hall–Kier alpha value is -0.930. The lowest BCUT2D eigenvalue weighted by Crippen LogP contribution is -2.37. The monoisotopic (exact) mass is 232 g/mol. The van der Waals surface area contributed by atoms with Gasteiger partial charge < -0.3 is 4.74 Å². The van der Waals surface area contributed by atoms with Crippen LogP contribution in [0.15, 0.2) is 12.1 Å². The zero-order chi connectivity index (χ0) is 11.7. The molecule has 3 heteroatoms. The van der Waals surface area contributed by atoms with Crippen molar-refractivity contribution in [1.82, 2.24) is 9.88 Å². The summed E-state index contributed by atoms with van der Waals surface area (Å²) in [6.07, 6.45) is 2.49. The van der Waals surface area contributed by atoms with Crippen molar-refractivity contribution < 1.29 is 4.74 Å². The van der Waals surface area contributed by atoms with Crippen LogP contribution in [0.3, 0.4) is 0 Å². The molecule has 3 nitrogen and oxygen atoms in total. The summed E-state index contributed by atoms with van der Waals surface area (Å²) in [5.74, 6) is 0.569. The molecule has 92 valence electrons. The third-order valence-corrected chi connectivity index (χ3v) is 3.84. The van der Waals surface area contributed by atoms with Gasteiger partial charge in [-0.15, -0.1) is 0 Å². The summed E-state index contributed by atoms with van der Waals surface area (Å²) in [5, 5.41) is 0. The lowest BCUT2D eigenvalue weighted by atomic mass is 9.96. The molecule has 2 saturated heterocycles. The SMILES string of the molecule is Cc1ccc([C@H]2CCOC2)c(CN2CCC2)n1. The Kier molecular flexibility index (Phi) is 3.12. The van der Waals surface area contributed by atoms with Gasteiger partial charge in [-0.3, -0.25) is 9.88 Å². The summed E-state index contributed by atoms with van der Waals surface area (Å²) in [5.41, 5.74) is 3.82. The fraction of sp³-hybridized carbons (Fsp3) is 0.643. The largest absolute Gasteiger partial charge is 0.381 e. The first-order valence-corrected chi connectivity index (χ1v) is 6.59. The van der Waals surface area contributed by atoms with Crippen LogP contribution in [0.4, 0.5) is 0 Å². The van der Waals surface area contributed by atoms with Crippen LogP contribution < -0.4 is 0 Å². The molecule has 0 aliphatic carbocycles. The van der Waals surface area contributed by atoms with E-state index in [1.54, 1.807) is 0 Å². The molecule has 3 heterocycles. The van der Waals surface area contributed by atoms with Gasteiger partial charge in [0.15, 0.2) is 0 Å². The number of likely N-dealkylation sites (tertiary alicyclic amines) is 1. The van der Waals surface area contributed by atoms with E-state index in [-0.39, 0.29) is 0 Å². The molecule has 1 aromatic heterocycles. The molecule has 0 amide bonds. The Bertz CT molecular complexity index is 395. The highest BCUT2D eigenvalue weighted by Gasteiger charge is 2.23. The molecule has 3 rings (SSSR count). The maximum atomic E-state index is 5.50. The molecule has 0 radical (unpaired) electrons. The first-order valence-electron chi connectivity index (χ1n) is 6.59. The molecule has 2 aliphatic rings. The maximum Gasteiger partial charge on any atom is 0.0582 e. The van der Waals surface area contributed by atoms with Crippen LogP contribution in [0, 0.1) is 6.92 Å². The molecule has 0 saturated carbocycles. The summed E-state index contributed by atoms with van der Waals surface area (Å²) in [6, 6.07) is 4.39. The number of hydrogen-bond acceptors (Lipinski definition) is 3. The van der Waals surface area contributed by atoms with Gasteiger partial charge in [0, 0.05) is 24.8 Å². The minimum absolute atomic E-state index is 0.569. The Balaban J connectivity index is 1.83. The van der Waals surface area contributed by atoms with Crippen LogP contribution >= 0.6 is 0 Å². The minimum Gasteiger partial charge on any atom is -0.381 e. The summed E-state index contributed by atoms with van der Waals surface area (Å²) < 4.78 is 5.50. The van der Waals surface area contributed by atoms with E-state index >= 15 is 0 Å². The number of pyridine rings is 1. The van der Waals surface area contributed by atoms with Gasteiger partial charge in [0.25, 0.3) is 0 Å². The van der Waals surface area contributed by atoms with E-state index in [2.05, 4.69) is 24.0 Å². The highest BCUT2D eigenvalue weighted by Crippen LogP contribution is 2.28. The van der Waals surface area contributed by atoms with Gasteiger partial charge in [-0.05, 0) is 44.5 Å². The van der Waals surface area contributed by atoms with Gasteiger partial charge in [-0.2, -0.15) is 0 Å². The van der Waals surface area contributed by atoms with Crippen LogP contribution in [0.1, 0.15) is 35.7 Å². The molecular weight excluding hydrogens is 212 g/mol. The lowest BCUT2D eigenvalue weighted by Gasteiger charge is -2.31. The fourth-order valence-electron chi connectivity index (χ4n) is 2.65. The number of ether oxygens (including phenoxy) is 1. The molecule has 2 fully saturated rings. The standard InChI is InChI=1S/C14H20N2O/c1-11-3-4-13(12-5-8-17-10-12)14(15-11)9-16-6-2-7-16/h3-4,12H,2,5-10H2,1H3/t12-/m0/s1. The second-order valence-corrected chi connectivity index (χ2v) is 5.18. The van der Waals surface area contributed by atoms with E-state index in [4.69, 9.17) is 9.72 Å². The van der Waals surface area contributed by atoms with Crippen LogP contribution in [0.5, 0.6) is 0 Å². The van der Waals surface area contributed by atoms with Gasteiger partial charge in [-0.1, -0.05) is 6.07 Å². The summed E-state index contributed by atoms with van der Waals surface area (Å²) in [7, 11) is 0. The minimum atomic E-state index is 0.569. The van der Waals surface area contributed by atoms with Crippen molar-refractivity contribution in [2.45, 2.75) is 32.2 Å². The number of rotatable bonds is 3. The van der Waals surface area contributed by atoms with Crippen LogP contribution in [0.25, 0.3) is 0 Å². The predicted octanol–water partition coefficient (Wildman–Crippen LogP) is 2.10. The number of hydrogen-bond donors (Lipinski definition) is 0. The second kappa shape index (κ2) is 4.75. The molecule has 1 atom stereocenters. The van der Waals surface area contributed by atoms with Gasteiger partial charge in [-0.25, -0.2) is 0 Å². The highest BCUT2D eigenvalue weighted by atomic mass is 16.5. The van der Waals surface area contributed by atoms with E-state index < -0.39 is 0 Å². The molecule has 0 aromatic carbocycles. The number of aryl methyl sites for hydroxylation is 1. The second-order valence-electron chi connectivity index (χ2n) is 5.18. The average molecular weight is 232 g/mol. The molecule has 0 spiro atoms. The Labute approximate surface area is 103 Å². The van der Waals surface area contributed by atoms with E-state index in [1.807, 2.05) is 0 Å². The first kappa shape index (κ1) is 11.2. The molecule has 1 aromatic rings. The number of aromatic nitrogens is 1. The van der Waals surface area contributed by atoms with E-state index in [9.17, 15) is 0 Å². The van der Waals surface area contributed by atoms with E-state index in [0.717, 1.165) is 31.9 Å². The van der Waals surface area contributed by atoms with Crippen molar-refractivity contribution in [3.05, 3.63) is 29.1 Å². The topological polar surface area (TPSA) is 25.4 Å². The van der Waals surface area contributed by atoms with Crippen molar-refractivity contribution in [3.63, 3.8) is 0 Å². The van der Waals surface area contributed by atoms with Crippen molar-refractivity contribution in [1.29, 1.82) is 0 Å². The molecule has 0 unspecified atom stereocenters. The summed E-state index contributed by atoms with van der Waals surface area (Å²) in [6.45, 7) is 7.34. The highest BCUT2D eigenvalue weighted by molar-refractivity contribution is 5.27. The van der Waals surface area contributed by atoms with Crippen molar-refractivity contribution in [2.75, 3.05) is 26.3 Å². The van der Waals surface area contributed by atoms with E-state index in [1.165, 1.54) is 30.8 Å². The van der Waals surface area contributed by atoms with E-state index in [0.29, 0.717) is 5.92 Å². The third kappa shape index (κ3) is 2.35. The molecular formula is C14H20N2O. The molecule has 17 heavy (non-hydrogen) atoms. The Morgan fingerprint density at radius 1 is 1.41 bits per heavy atom. The molecule has 2 aliphatic heterocycles. The smallest absolute Gasteiger partial charge is 0.0582 e. The van der Waals surface area contributed by atoms with Gasteiger partial charge in [0.2, 0.25) is 0 Å². The van der Waals surface area contributed by atoms with Crippen molar-refractivity contribution in [3.8, 4) is 0 Å². The Morgan fingerprint density at radius 3 is 2.94 bits per heavy atom. The zero-order valence-corrected chi connectivity index (χ0v) is 10.5. The van der Waals surface area contributed by atoms with Gasteiger partial charge in [0.05, 0.1) is 12.3 Å². The van der Waals surface area contributed by atoms with Crippen LogP contribution in [-0.2, 0) is 11.3 Å². The normalized spacial score (nSPS) is 24.9. The van der Waals surface area contributed by atoms with Crippen LogP contribution in [0.2, 0.25) is 0 Å². The maximum absolute atomic E-state index is 5.50. The predicted molar refractivity (Wildman–Crippen MR) is 67.0 cm³/mol. The van der Waals surface area contributed by atoms with Crippen LogP contribution in [-0.4, -0.2) is 36.2 Å². The average Bonchev–Trinajstić information content (AvgIpc) is 2.77. The molecule has 0 bridgehead atoms. The van der Waals surface area contributed by atoms with Gasteiger partial charge >= 0.3 is 0 Å². The third-order valence-electron chi connectivity index (χ3n) is 3.84. The number of nitrogens with zero attached hydrogens (tertiary/aromatic N) is 2. The van der Waals surface area contributed by atoms with Gasteiger partial charge in [0.1, 0.15) is 0 Å². The Morgan fingerprint density at radius 2 is 2.29 bits per heavy atom. The lowest BCUT2D eigenvalue weighted by molar-refractivity contribution is 0.169. The quantitative estimate of drug-likeness (QED) is 0.798. The van der Waals surface area contributed by atoms with Crippen molar-refractivity contribution >= 4 is 0 Å². The summed E-state index contributed by atoms with van der Waals surface area (Å²) >= 11 is 0. The van der Waals surface area contributed by atoms with Crippen molar-refractivity contribution in [2.24, 2.45) is 0 Å². The fourth-order valence-corrected chi connectivity index (χ4v) is 2.65. The first-order chi connectivity index (χ1) is 8.33. The summed E-state index contributed by atoms with van der Waals surface area (Å²) in [4.78, 5) is 7.22. The molecule has 0 N–H and O–H groups in total.